The number of carbonyl (C=O) groups is 1. The fourth-order valence-electron chi connectivity index (χ4n) is 2.86. The minimum atomic E-state index is -0.0673. The van der Waals surface area contributed by atoms with Gasteiger partial charge in [-0.2, -0.15) is 0 Å². The average Bonchev–Trinajstić information content (AvgIpc) is 2.96. The molecule has 0 aliphatic carbocycles. The molecule has 1 unspecified atom stereocenters. The number of para-hydroxylation sites is 1. The summed E-state index contributed by atoms with van der Waals surface area (Å²) in [5.41, 5.74) is 2.87. The molecule has 1 aromatic heterocycles. The number of thioether (sulfide) groups is 1. The first kappa shape index (κ1) is 14.5. The van der Waals surface area contributed by atoms with Gasteiger partial charge in [0, 0.05) is 27.9 Å². The number of benzene rings is 2. The van der Waals surface area contributed by atoms with Crippen molar-refractivity contribution in [1.29, 1.82) is 0 Å². The molecule has 1 aliphatic heterocycles. The van der Waals surface area contributed by atoms with E-state index < -0.39 is 0 Å². The molecule has 0 radical (unpaired) electrons. The van der Waals surface area contributed by atoms with Gasteiger partial charge in [-0.15, -0.1) is 11.8 Å². The van der Waals surface area contributed by atoms with Gasteiger partial charge >= 0.3 is 0 Å². The Bertz CT molecular complexity index is 876. The molecule has 1 aliphatic rings. The Labute approximate surface area is 143 Å². The lowest BCUT2D eigenvalue weighted by atomic mass is 10.1. The number of rotatable bonds is 2. The van der Waals surface area contributed by atoms with E-state index in [0.717, 1.165) is 22.2 Å². The van der Waals surface area contributed by atoms with Crippen LogP contribution in [-0.4, -0.2) is 16.6 Å². The Morgan fingerprint density at radius 2 is 1.87 bits per heavy atom. The van der Waals surface area contributed by atoms with Crippen LogP contribution in [-0.2, 0) is 4.79 Å². The topological polar surface area (TPSA) is 33.2 Å². The molecule has 1 amide bonds. The zero-order valence-electron chi connectivity index (χ0n) is 12.1. The molecule has 1 atom stereocenters. The van der Waals surface area contributed by atoms with Crippen LogP contribution >= 0.6 is 23.4 Å². The zero-order valence-corrected chi connectivity index (χ0v) is 13.7. The van der Waals surface area contributed by atoms with Crippen LogP contribution in [0.5, 0.6) is 0 Å². The van der Waals surface area contributed by atoms with Crippen LogP contribution in [0.2, 0.25) is 5.02 Å². The minimum Gasteiger partial charge on any atom is -0.295 e. The van der Waals surface area contributed by atoms with Gasteiger partial charge in [-0.05, 0) is 30.3 Å². The van der Waals surface area contributed by atoms with Gasteiger partial charge in [0.25, 0.3) is 0 Å². The number of halogens is 1. The van der Waals surface area contributed by atoms with Crippen LogP contribution in [0, 0.1) is 0 Å². The van der Waals surface area contributed by atoms with E-state index in [2.05, 4.69) is 11.1 Å². The number of fused-ring (bicyclic) bond motifs is 1. The number of amides is 1. The van der Waals surface area contributed by atoms with E-state index in [1.54, 1.807) is 18.0 Å². The number of aromatic nitrogens is 1. The van der Waals surface area contributed by atoms with Gasteiger partial charge in [-0.3, -0.25) is 14.7 Å². The predicted octanol–water partition coefficient (Wildman–Crippen LogP) is 4.67. The quantitative estimate of drug-likeness (QED) is 0.680. The average molecular weight is 341 g/mol. The summed E-state index contributed by atoms with van der Waals surface area (Å²) in [6.45, 7) is 0. The lowest BCUT2D eigenvalue weighted by Gasteiger charge is -2.25. The summed E-state index contributed by atoms with van der Waals surface area (Å²) < 4.78 is 0. The van der Waals surface area contributed by atoms with Crippen molar-refractivity contribution in [2.45, 2.75) is 5.37 Å². The maximum atomic E-state index is 12.4. The third-order valence-electron chi connectivity index (χ3n) is 3.90. The monoisotopic (exact) mass is 340 g/mol. The first-order valence-electron chi connectivity index (χ1n) is 7.27. The van der Waals surface area contributed by atoms with Gasteiger partial charge in [-0.25, -0.2) is 0 Å². The Morgan fingerprint density at radius 3 is 2.70 bits per heavy atom. The number of hydrogen-bond acceptors (Lipinski definition) is 3. The molecule has 0 bridgehead atoms. The van der Waals surface area contributed by atoms with E-state index in [0.29, 0.717) is 10.8 Å². The first-order chi connectivity index (χ1) is 11.2. The summed E-state index contributed by atoms with van der Waals surface area (Å²) >= 11 is 7.60. The van der Waals surface area contributed by atoms with Gasteiger partial charge in [0.2, 0.25) is 5.91 Å². The molecule has 3 nitrogen and oxygen atoms in total. The molecule has 114 valence electrons. The van der Waals surface area contributed by atoms with Crippen LogP contribution < -0.4 is 4.90 Å². The molecular weight excluding hydrogens is 328 g/mol. The summed E-state index contributed by atoms with van der Waals surface area (Å²) in [5, 5.41) is 1.68. The largest absolute Gasteiger partial charge is 0.295 e. The number of pyridine rings is 1. The van der Waals surface area contributed by atoms with E-state index in [9.17, 15) is 4.79 Å². The second kappa shape index (κ2) is 5.87. The van der Waals surface area contributed by atoms with Crippen molar-refractivity contribution in [1.82, 2.24) is 4.98 Å². The zero-order chi connectivity index (χ0) is 15.8. The fourth-order valence-corrected chi connectivity index (χ4v) is 4.19. The van der Waals surface area contributed by atoms with Gasteiger partial charge in [0.05, 0.1) is 11.3 Å². The van der Waals surface area contributed by atoms with Gasteiger partial charge in [-0.1, -0.05) is 35.9 Å². The highest BCUT2D eigenvalue weighted by atomic mass is 35.5. The van der Waals surface area contributed by atoms with Crippen LogP contribution in [0.4, 0.5) is 5.69 Å². The number of hydrogen-bond donors (Lipinski definition) is 0. The van der Waals surface area contributed by atoms with Crippen molar-refractivity contribution < 1.29 is 4.79 Å². The summed E-state index contributed by atoms with van der Waals surface area (Å²) in [4.78, 5) is 18.8. The molecule has 1 saturated heterocycles. The molecular formula is C18H13ClN2OS. The second-order valence-corrected chi connectivity index (χ2v) is 6.83. The molecule has 1 fully saturated rings. The van der Waals surface area contributed by atoms with Crippen molar-refractivity contribution >= 4 is 45.9 Å². The van der Waals surface area contributed by atoms with E-state index in [1.165, 1.54) is 0 Å². The Morgan fingerprint density at radius 1 is 1.09 bits per heavy atom. The van der Waals surface area contributed by atoms with E-state index in [-0.39, 0.29) is 11.3 Å². The second-order valence-electron chi connectivity index (χ2n) is 5.33. The van der Waals surface area contributed by atoms with Crippen LogP contribution in [0.25, 0.3) is 10.9 Å². The van der Waals surface area contributed by atoms with Crippen LogP contribution in [0.3, 0.4) is 0 Å². The van der Waals surface area contributed by atoms with E-state index in [4.69, 9.17) is 11.6 Å². The third kappa shape index (κ3) is 2.58. The van der Waals surface area contributed by atoms with Crippen molar-refractivity contribution in [3.05, 3.63) is 71.4 Å². The van der Waals surface area contributed by atoms with Gasteiger partial charge < -0.3 is 0 Å². The molecule has 0 spiro atoms. The highest BCUT2D eigenvalue weighted by molar-refractivity contribution is 8.00. The van der Waals surface area contributed by atoms with Crippen molar-refractivity contribution in [3.63, 3.8) is 0 Å². The standard InChI is InChI=1S/C18H13ClN2OS/c19-13-6-8-14(9-7-13)21-16(22)11-23-18(21)15-5-1-3-12-4-2-10-20-17(12)15/h1-10,18H,11H2. The number of anilines is 1. The number of nitrogens with zero attached hydrogens (tertiary/aromatic N) is 2. The van der Waals surface area contributed by atoms with Gasteiger partial charge in [0.15, 0.2) is 0 Å². The van der Waals surface area contributed by atoms with Crippen LogP contribution in [0.15, 0.2) is 60.8 Å². The van der Waals surface area contributed by atoms with Crippen molar-refractivity contribution in [3.8, 4) is 0 Å². The lowest BCUT2D eigenvalue weighted by molar-refractivity contribution is -0.115. The smallest absolute Gasteiger partial charge is 0.238 e. The molecule has 2 aromatic carbocycles. The molecule has 5 heteroatoms. The predicted molar refractivity (Wildman–Crippen MR) is 95.9 cm³/mol. The highest BCUT2D eigenvalue weighted by Gasteiger charge is 2.35. The van der Waals surface area contributed by atoms with Crippen LogP contribution in [0.1, 0.15) is 10.9 Å². The molecule has 0 N–H and O–H groups in total. The van der Waals surface area contributed by atoms with Crippen molar-refractivity contribution in [2.24, 2.45) is 0 Å². The minimum absolute atomic E-state index is 0.0673. The Balaban J connectivity index is 1.83. The summed E-state index contributed by atoms with van der Waals surface area (Å²) in [6.07, 6.45) is 1.79. The molecule has 2 heterocycles. The third-order valence-corrected chi connectivity index (χ3v) is 5.35. The summed E-state index contributed by atoms with van der Waals surface area (Å²) in [5.74, 6) is 0.575. The Hall–Kier alpha value is -2.04. The number of carbonyl (C=O) groups excluding carboxylic acids is 1. The molecule has 4 rings (SSSR count). The maximum Gasteiger partial charge on any atom is 0.238 e. The van der Waals surface area contributed by atoms with Gasteiger partial charge in [0.1, 0.15) is 5.37 Å². The Kier molecular flexibility index (Phi) is 3.71. The highest BCUT2D eigenvalue weighted by Crippen LogP contribution is 2.43. The first-order valence-corrected chi connectivity index (χ1v) is 8.69. The van der Waals surface area contributed by atoms with E-state index >= 15 is 0 Å². The summed E-state index contributed by atoms with van der Waals surface area (Å²) in [7, 11) is 0. The molecule has 0 saturated carbocycles. The molecule has 23 heavy (non-hydrogen) atoms. The SMILES string of the molecule is O=C1CSC(c2cccc3cccnc23)N1c1ccc(Cl)cc1. The normalized spacial score (nSPS) is 17.9. The fraction of sp³-hybridized carbons (Fsp3) is 0.111. The van der Waals surface area contributed by atoms with Crippen molar-refractivity contribution in [2.75, 3.05) is 10.7 Å². The maximum absolute atomic E-state index is 12.4. The molecule has 3 aromatic rings. The van der Waals surface area contributed by atoms with E-state index in [1.807, 2.05) is 53.4 Å². The lowest BCUT2D eigenvalue weighted by Crippen LogP contribution is -2.27. The summed E-state index contributed by atoms with van der Waals surface area (Å²) in [6, 6.07) is 17.5.